The molecule has 2 aromatic rings. The summed E-state index contributed by atoms with van der Waals surface area (Å²) in [5, 5.41) is 2.85. The maximum Gasteiger partial charge on any atom is 0.293 e. The van der Waals surface area contributed by atoms with Crippen molar-refractivity contribution in [3.8, 4) is 0 Å². The second-order valence-corrected chi connectivity index (χ2v) is 5.31. The van der Waals surface area contributed by atoms with E-state index < -0.39 is 0 Å². The van der Waals surface area contributed by atoms with Crippen molar-refractivity contribution < 1.29 is 14.2 Å². The van der Waals surface area contributed by atoms with Crippen molar-refractivity contribution in [1.29, 1.82) is 0 Å². The van der Waals surface area contributed by atoms with E-state index in [0.29, 0.717) is 11.3 Å². The minimum atomic E-state index is -0.327. The number of anilines is 1. The maximum atomic E-state index is 12.3. The van der Waals surface area contributed by atoms with E-state index in [0.717, 1.165) is 6.42 Å². The highest BCUT2D eigenvalue weighted by Crippen LogP contribution is 2.12. The highest BCUT2D eigenvalue weighted by Gasteiger charge is 2.21. The molecule has 0 saturated carbocycles. The highest BCUT2D eigenvalue weighted by atomic mass is 16.2. The number of aryl methyl sites for hydroxylation is 1. The lowest BCUT2D eigenvalue weighted by Gasteiger charge is -2.09. The standard InChI is InChI=1S/C18H20N2O2/c1-4-15-8-10-20(11-9-15)13(2)18(22)19-17-7-5-6-16(12-17)14(3)21/h5-13H,4H2,1-3H3/p+1/t13-/m0/s1. The lowest BCUT2D eigenvalue weighted by atomic mass is 10.1. The van der Waals surface area contributed by atoms with Gasteiger partial charge in [0.1, 0.15) is 0 Å². The van der Waals surface area contributed by atoms with E-state index in [1.165, 1.54) is 12.5 Å². The Morgan fingerprint density at radius 2 is 1.86 bits per heavy atom. The molecule has 0 fully saturated rings. The summed E-state index contributed by atoms with van der Waals surface area (Å²) in [6.07, 6.45) is 4.80. The van der Waals surface area contributed by atoms with Crippen LogP contribution in [0.1, 0.15) is 42.7 Å². The van der Waals surface area contributed by atoms with Crippen LogP contribution in [0.15, 0.2) is 48.8 Å². The van der Waals surface area contributed by atoms with Gasteiger partial charge in [-0.3, -0.25) is 9.59 Å². The average molecular weight is 297 g/mol. The number of pyridine rings is 1. The number of hydrogen-bond donors (Lipinski definition) is 1. The van der Waals surface area contributed by atoms with Crippen molar-refractivity contribution in [1.82, 2.24) is 0 Å². The van der Waals surface area contributed by atoms with Gasteiger partial charge in [0.15, 0.2) is 18.2 Å². The normalized spacial score (nSPS) is 11.8. The topological polar surface area (TPSA) is 50.0 Å². The molecule has 0 unspecified atom stereocenters. The lowest BCUT2D eigenvalue weighted by Crippen LogP contribution is -2.44. The number of nitrogens with one attached hydrogen (secondary N) is 1. The number of benzene rings is 1. The van der Waals surface area contributed by atoms with E-state index >= 15 is 0 Å². The summed E-state index contributed by atoms with van der Waals surface area (Å²) in [5.41, 5.74) is 2.46. The van der Waals surface area contributed by atoms with E-state index in [-0.39, 0.29) is 17.7 Å². The molecule has 1 aromatic heterocycles. The molecule has 0 saturated heterocycles. The number of Topliss-reactive ketones (excluding diaryl/α,β-unsaturated/α-hetero) is 1. The van der Waals surface area contributed by atoms with Gasteiger partial charge >= 0.3 is 0 Å². The number of aromatic nitrogens is 1. The Bertz CT molecular complexity index is 678. The van der Waals surface area contributed by atoms with Crippen molar-refractivity contribution in [2.24, 2.45) is 0 Å². The summed E-state index contributed by atoms with van der Waals surface area (Å²) < 4.78 is 1.86. The molecule has 114 valence electrons. The number of hydrogen-bond acceptors (Lipinski definition) is 2. The molecular weight excluding hydrogens is 276 g/mol. The average Bonchev–Trinajstić information content (AvgIpc) is 2.54. The summed E-state index contributed by atoms with van der Waals surface area (Å²) in [6.45, 7) is 5.45. The van der Waals surface area contributed by atoms with Gasteiger partial charge in [-0.25, -0.2) is 0 Å². The van der Waals surface area contributed by atoms with Crippen LogP contribution in [0.25, 0.3) is 0 Å². The third-order valence-corrected chi connectivity index (χ3v) is 3.69. The number of carbonyl (C=O) groups is 2. The van der Waals surface area contributed by atoms with E-state index in [1.54, 1.807) is 24.3 Å². The Balaban J connectivity index is 2.10. The van der Waals surface area contributed by atoms with E-state index in [1.807, 2.05) is 36.0 Å². The molecular formula is C18H21N2O2+. The fraction of sp³-hybridized carbons (Fsp3) is 0.278. The van der Waals surface area contributed by atoms with Crippen LogP contribution < -0.4 is 9.88 Å². The predicted octanol–water partition coefficient (Wildman–Crippen LogP) is 2.94. The fourth-order valence-corrected chi connectivity index (χ4v) is 2.16. The van der Waals surface area contributed by atoms with Crippen LogP contribution in [0, 0.1) is 0 Å². The first-order valence-electron chi connectivity index (χ1n) is 7.42. The predicted molar refractivity (Wildman–Crippen MR) is 85.8 cm³/mol. The smallest absolute Gasteiger partial charge is 0.293 e. The summed E-state index contributed by atoms with van der Waals surface area (Å²) in [5.74, 6) is -0.136. The Morgan fingerprint density at radius 1 is 1.18 bits per heavy atom. The summed E-state index contributed by atoms with van der Waals surface area (Å²) in [6, 6.07) is 10.7. The van der Waals surface area contributed by atoms with Crippen molar-refractivity contribution in [3.63, 3.8) is 0 Å². The Hall–Kier alpha value is -2.49. The zero-order valence-electron chi connectivity index (χ0n) is 13.2. The maximum absolute atomic E-state index is 12.3. The monoisotopic (exact) mass is 297 g/mol. The Kier molecular flexibility index (Phi) is 5.04. The minimum Gasteiger partial charge on any atom is -0.320 e. The second kappa shape index (κ2) is 6.98. The Labute approximate surface area is 130 Å². The first kappa shape index (κ1) is 15.9. The van der Waals surface area contributed by atoms with E-state index in [4.69, 9.17) is 0 Å². The van der Waals surface area contributed by atoms with Gasteiger partial charge in [-0.1, -0.05) is 19.1 Å². The van der Waals surface area contributed by atoms with Crippen LogP contribution in [0.2, 0.25) is 0 Å². The third kappa shape index (κ3) is 3.79. The summed E-state index contributed by atoms with van der Waals surface area (Å²) in [4.78, 5) is 23.7. The van der Waals surface area contributed by atoms with Crippen LogP contribution in [0.5, 0.6) is 0 Å². The van der Waals surface area contributed by atoms with Gasteiger partial charge in [-0.2, -0.15) is 4.57 Å². The quantitative estimate of drug-likeness (QED) is 0.681. The molecule has 2 rings (SSSR count). The molecule has 0 aliphatic carbocycles. The van der Waals surface area contributed by atoms with Gasteiger partial charge < -0.3 is 5.32 Å². The second-order valence-electron chi connectivity index (χ2n) is 5.31. The number of amides is 1. The van der Waals surface area contributed by atoms with Gasteiger partial charge in [0.2, 0.25) is 6.04 Å². The molecule has 1 aromatic carbocycles. The van der Waals surface area contributed by atoms with Gasteiger partial charge in [-0.15, -0.1) is 0 Å². The van der Waals surface area contributed by atoms with Gasteiger partial charge in [0.05, 0.1) is 0 Å². The molecule has 1 heterocycles. The first-order valence-corrected chi connectivity index (χ1v) is 7.42. The van der Waals surface area contributed by atoms with Crippen LogP contribution in [-0.2, 0) is 11.2 Å². The number of ketones is 1. The lowest BCUT2D eigenvalue weighted by molar-refractivity contribution is -0.705. The molecule has 1 amide bonds. The van der Waals surface area contributed by atoms with Gasteiger partial charge in [0, 0.05) is 30.3 Å². The fourth-order valence-electron chi connectivity index (χ4n) is 2.16. The van der Waals surface area contributed by atoms with Crippen LogP contribution in [-0.4, -0.2) is 11.7 Å². The molecule has 0 aliphatic rings. The zero-order chi connectivity index (χ0) is 16.1. The molecule has 1 N–H and O–H groups in total. The molecule has 1 atom stereocenters. The molecule has 4 nitrogen and oxygen atoms in total. The zero-order valence-corrected chi connectivity index (χ0v) is 13.2. The third-order valence-electron chi connectivity index (χ3n) is 3.69. The molecule has 0 radical (unpaired) electrons. The van der Waals surface area contributed by atoms with Crippen molar-refractivity contribution in [2.45, 2.75) is 33.2 Å². The van der Waals surface area contributed by atoms with Crippen molar-refractivity contribution in [2.75, 3.05) is 5.32 Å². The van der Waals surface area contributed by atoms with Crippen molar-refractivity contribution >= 4 is 17.4 Å². The number of carbonyl (C=O) groups excluding carboxylic acids is 2. The highest BCUT2D eigenvalue weighted by molar-refractivity contribution is 5.97. The molecule has 22 heavy (non-hydrogen) atoms. The number of rotatable bonds is 5. The van der Waals surface area contributed by atoms with E-state index in [2.05, 4.69) is 12.2 Å². The van der Waals surface area contributed by atoms with Crippen LogP contribution in [0.4, 0.5) is 5.69 Å². The number of nitrogens with zero attached hydrogens (tertiary/aromatic N) is 1. The molecule has 0 bridgehead atoms. The van der Waals surface area contributed by atoms with Crippen LogP contribution in [0.3, 0.4) is 0 Å². The molecule has 4 heteroatoms. The minimum absolute atomic E-state index is 0.0197. The summed E-state index contributed by atoms with van der Waals surface area (Å²) in [7, 11) is 0. The summed E-state index contributed by atoms with van der Waals surface area (Å²) >= 11 is 0. The van der Waals surface area contributed by atoms with Gasteiger partial charge in [-0.05, 0) is 31.0 Å². The van der Waals surface area contributed by atoms with E-state index in [9.17, 15) is 9.59 Å². The van der Waals surface area contributed by atoms with Crippen molar-refractivity contribution in [3.05, 3.63) is 59.9 Å². The van der Waals surface area contributed by atoms with Crippen LogP contribution >= 0.6 is 0 Å². The largest absolute Gasteiger partial charge is 0.320 e. The molecule has 0 spiro atoms. The molecule has 0 aliphatic heterocycles. The SMILES string of the molecule is CCc1cc[n+]([C@@H](C)C(=O)Nc2cccc(C(C)=O)c2)cc1. The Morgan fingerprint density at radius 3 is 2.45 bits per heavy atom. The first-order chi connectivity index (χ1) is 10.5. The van der Waals surface area contributed by atoms with Gasteiger partial charge in [0.25, 0.3) is 5.91 Å².